The number of methoxy groups -OCH3 is 2. The van der Waals surface area contributed by atoms with Gasteiger partial charge in [0, 0.05) is 11.9 Å². The van der Waals surface area contributed by atoms with Gasteiger partial charge >= 0.3 is 0 Å². The van der Waals surface area contributed by atoms with Crippen molar-refractivity contribution in [3.63, 3.8) is 0 Å². The van der Waals surface area contributed by atoms with E-state index in [1.54, 1.807) is 31.2 Å². The summed E-state index contributed by atoms with van der Waals surface area (Å²) < 4.78 is 12.8. The van der Waals surface area contributed by atoms with E-state index in [0.29, 0.717) is 11.5 Å². The summed E-state index contributed by atoms with van der Waals surface area (Å²) in [5.74, 6) is 0.914. The van der Waals surface area contributed by atoms with Crippen molar-refractivity contribution >= 4 is 28.1 Å². The van der Waals surface area contributed by atoms with E-state index in [-0.39, 0.29) is 12.5 Å². The van der Waals surface area contributed by atoms with Gasteiger partial charge < -0.3 is 9.47 Å². The molecular weight excluding hydrogens is 364 g/mol. The largest absolute Gasteiger partial charge is 0.493 e. The van der Waals surface area contributed by atoms with Crippen molar-refractivity contribution < 1.29 is 14.3 Å². The maximum atomic E-state index is 11.8. The molecule has 0 fully saturated rings. The normalized spacial score (nSPS) is 10.8. The maximum absolute atomic E-state index is 11.8. The number of nitrogens with one attached hydrogen (secondary N) is 1. The SMILES string of the molecule is COc1cc(/C=N\NC(=O)Cn2nccc2C)cc(Br)c1OC. The predicted octanol–water partition coefficient (Wildman–Crippen LogP) is 2.12. The molecule has 0 aliphatic carbocycles. The van der Waals surface area contributed by atoms with Crippen LogP contribution in [-0.2, 0) is 11.3 Å². The van der Waals surface area contributed by atoms with Gasteiger partial charge in [-0.05, 0) is 46.6 Å². The zero-order chi connectivity index (χ0) is 16.8. The Hall–Kier alpha value is -2.35. The molecule has 1 heterocycles. The van der Waals surface area contributed by atoms with E-state index in [1.165, 1.54) is 6.21 Å². The number of halogens is 1. The lowest BCUT2D eigenvalue weighted by atomic mass is 10.2. The second kappa shape index (κ2) is 7.77. The minimum Gasteiger partial charge on any atom is -0.493 e. The first-order valence-electron chi connectivity index (χ1n) is 6.77. The number of aromatic nitrogens is 2. The van der Waals surface area contributed by atoms with Gasteiger partial charge in [0.15, 0.2) is 11.5 Å². The molecule has 23 heavy (non-hydrogen) atoms. The van der Waals surface area contributed by atoms with Gasteiger partial charge in [0.25, 0.3) is 5.91 Å². The lowest BCUT2D eigenvalue weighted by molar-refractivity contribution is -0.121. The van der Waals surface area contributed by atoms with Crippen molar-refractivity contribution in [2.45, 2.75) is 13.5 Å². The van der Waals surface area contributed by atoms with E-state index in [9.17, 15) is 4.79 Å². The highest BCUT2D eigenvalue weighted by atomic mass is 79.9. The number of hydrogen-bond donors (Lipinski definition) is 1. The quantitative estimate of drug-likeness (QED) is 0.614. The van der Waals surface area contributed by atoms with Crippen LogP contribution in [0.2, 0.25) is 0 Å². The fourth-order valence-electron chi connectivity index (χ4n) is 1.93. The second-order valence-corrected chi connectivity index (χ2v) is 5.52. The zero-order valence-corrected chi connectivity index (χ0v) is 14.6. The Bertz CT molecular complexity index is 728. The minimum absolute atomic E-state index is 0.117. The summed E-state index contributed by atoms with van der Waals surface area (Å²) >= 11 is 3.40. The van der Waals surface area contributed by atoms with Crippen LogP contribution in [0.4, 0.5) is 0 Å². The van der Waals surface area contributed by atoms with Gasteiger partial charge in [-0.25, -0.2) is 5.43 Å². The fraction of sp³-hybridized carbons (Fsp3) is 0.267. The molecule has 1 N–H and O–H groups in total. The van der Waals surface area contributed by atoms with Gasteiger partial charge in [0.1, 0.15) is 6.54 Å². The van der Waals surface area contributed by atoms with E-state index in [0.717, 1.165) is 15.7 Å². The number of nitrogens with zero attached hydrogens (tertiary/aromatic N) is 3. The van der Waals surface area contributed by atoms with Crippen molar-refractivity contribution in [1.82, 2.24) is 15.2 Å². The van der Waals surface area contributed by atoms with Gasteiger partial charge in [-0.15, -0.1) is 0 Å². The highest BCUT2D eigenvalue weighted by molar-refractivity contribution is 9.10. The van der Waals surface area contributed by atoms with Gasteiger partial charge in [-0.2, -0.15) is 10.2 Å². The first-order chi connectivity index (χ1) is 11.0. The maximum Gasteiger partial charge on any atom is 0.261 e. The van der Waals surface area contributed by atoms with Crippen molar-refractivity contribution in [3.8, 4) is 11.5 Å². The van der Waals surface area contributed by atoms with E-state index in [2.05, 4.69) is 31.6 Å². The molecule has 1 aromatic heterocycles. The highest BCUT2D eigenvalue weighted by Crippen LogP contribution is 2.35. The Morgan fingerprint density at radius 2 is 2.22 bits per heavy atom. The Kier molecular flexibility index (Phi) is 5.75. The molecule has 2 aromatic rings. The smallest absolute Gasteiger partial charge is 0.261 e. The van der Waals surface area contributed by atoms with Crippen molar-refractivity contribution in [2.24, 2.45) is 5.10 Å². The molecule has 0 saturated carbocycles. The van der Waals surface area contributed by atoms with Crippen LogP contribution in [0, 0.1) is 6.92 Å². The Morgan fingerprint density at radius 3 is 2.83 bits per heavy atom. The molecule has 0 aliphatic rings. The van der Waals surface area contributed by atoms with Gasteiger partial charge in [-0.1, -0.05) is 0 Å². The van der Waals surface area contributed by atoms with Crippen molar-refractivity contribution in [1.29, 1.82) is 0 Å². The summed E-state index contributed by atoms with van der Waals surface area (Å²) in [7, 11) is 3.12. The third kappa shape index (κ3) is 4.32. The zero-order valence-electron chi connectivity index (χ0n) is 13.0. The summed E-state index contributed by atoms with van der Waals surface area (Å²) in [6.07, 6.45) is 3.17. The number of amides is 1. The minimum atomic E-state index is -0.257. The van der Waals surface area contributed by atoms with E-state index >= 15 is 0 Å². The standard InChI is InChI=1S/C15H17BrN4O3/c1-10-4-5-18-20(10)9-14(21)19-17-8-11-6-12(16)15(23-3)13(7-11)22-2/h4-8H,9H2,1-3H3,(H,19,21)/b17-8-. The van der Waals surface area contributed by atoms with Crippen LogP contribution in [-0.4, -0.2) is 36.1 Å². The average molecular weight is 381 g/mol. The molecule has 7 nitrogen and oxygen atoms in total. The van der Waals surface area contributed by atoms with Crippen LogP contribution in [0.5, 0.6) is 11.5 Å². The molecule has 0 radical (unpaired) electrons. The monoisotopic (exact) mass is 380 g/mol. The van der Waals surface area contributed by atoms with Crippen LogP contribution >= 0.6 is 15.9 Å². The summed E-state index contributed by atoms with van der Waals surface area (Å²) in [5.41, 5.74) is 4.13. The van der Waals surface area contributed by atoms with Gasteiger partial charge in [-0.3, -0.25) is 9.48 Å². The summed E-state index contributed by atoms with van der Waals surface area (Å²) in [4.78, 5) is 11.8. The molecule has 0 unspecified atom stereocenters. The molecule has 122 valence electrons. The molecule has 0 atom stereocenters. The van der Waals surface area contributed by atoms with Crippen LogP contribution in [0.15, 0.2) is 34.0 Å². The third-order valence-corrected chi connectivity index (χ3v) is 3.67. The number of benzene rings is 1. The molecule has 8 heteroatoms. The third-order valence-electron chi connectivity index (χ3n) is 3.08. The van der Waals surface area contributed by atoms with Crippen LogP contribution in [0.1, 0.15) is 11.3 Å². The summed E-state index contributed by atoms with van der Waals surface area (Å²) in [5, 5.41) is 7.98. The molecule has 0 bridgehead atoms. The number of aryl methyl sites for hydroxylation is 1. The number of hydrogen-bond acceptors (Lipinski definition) is 5. The first-order valence-corrected chi connectivity index (χ1v) is 7.56. The van der Waals surface area contributed by atoms with Crippen LogP contribution in [0.25, 0.3) is 0 Å². The Labute approximate surface area is 142 Å². The van der Waals surface area contributed by atoms with Crippen molar-refractivity contribution in [2.75, 3.05) is 14.2 Å². The molecular formula is C15H17BrN4O3. The molecule has 1 amide bonds. The van der Waals surface area contributed by atoms with Crippen LogP contribution in [0.3, 0.4) is 0 Å². The highest BCUT2D eigenvalue weighted by Gasteiger charge is 2.09. The average Bonchev–Trinajstić information content (AvgIpc) is 2.91. The molecule has 2 rings (SSSR count). The topological polar surface area (TPSA) is 77.7 Å². The number of rotatable bonds is 6. The van der Waals surface area contributed by atoms with Crippen LogP contribution < -0.4 is 14.9 Å². The van der Waals surface area contributed by atoms with Gasteiger partial charge in [0.05, 0.1) is 24.9 Å². The second-order valence-electron chi connectivity index (χ2n) is 4.66. The number of ether oxygens (including phenoxy) is 2. The summed E-state index contributed by atoms with van der Waals surface area (Å²) in [6, 6.07) is 5.41. The first kappa shape index (κ1) is 17.0. The lowest BCUT2D eigenvalue weighted by Gasteiger charge is -2.10. The number of hydrazone groups is 1. The van der Waals surface area contributed by atoms with E-state index in [4.69, 9.17) is 9.47 Å². The fourth-order valence-corrected chi connectivity index (χ4v) is 2.55. The number of carbonyl (C=O) groups is 1. The molecule has 0 aliphatic heterocycles. The molecule has 1 aromatic carbocycles. The van der Waals surface area contributed by atoms with Crippen molar-refractivity contribution in [3.05, 3.63) is 40.1 Å². The Balaban J connectivity index is 2.01. The molecule has 0 saturated heterocycles. The lowest BCUT2D eigenvalue weighted by Crippen LogP contribution is -2.24. The van der Waals surface area contributed by atoms with E-state index in [1.807, 2.05) is 19.1 Å². The Morgan fingerprint density at radius 1 is 1.43 bits per heavy atom. The van der Waals surface area contributed by atoms with E-state index < -0.39 is 0 Å². The summed E-state index contributed by atoms with van der Waals surface area (Å²) in [6.45, 7) is 2.00. The molecule has 0 spiro atoms. The predicted molar refractivity (Wildman–Crippen MR) is 89.9 cm³/mol. The number of carbonyl (C=O) groups excluding carboxylic acids is 1. The van der Waals surface area contributed by atoms with Gasteiger partial charge in [0.2, 0.25) is 0 Å².